The molecule has 1 aliphatic carbocycles. The fourth-order valence-electron chi connectivity index (χ4n) is 3.97. The number of nitrogens with zero attached hydrogens (tertiary/aromatic N) is 1. The van der Waals surface area contributed by atoms with Gasteiger partial charge < -0.3 is 10.2 Å². The lowest BCUT2D eigenvalue weighted by Crippen LogP contribution is -2.47. The molecule has 1 N–H and O–H groups in total. The van der Waals surface area contributed by atoms with Gasteiger partial charge >= 0.3 is 0 Å². The first-order chi connectivity index (χ1) is 9.84. The molecule has 1 atom stereocenters. The third-order valence-electron chi connectivity index (χ3n) is 5.20. The van der Waals surface area contributed by atoms with E-state index >= 15 is 0 Å². The number of nitrogens with one attached hydrogen (secondary N) is 1. The number of hydrogen-bond donors (Lipinski definition) is 1. The Morgan fingerprint density at radius 1 is 0.650 bits per heavy atom. The van der Waals surface area contributed by atoms with Crippen LogP contribution in [0.1, 0.15) is 83.5 Å². The van der Waals surface area contributed by atoms with E-state index in [4.69, 9.17) is 0 Å². The summed E-state index contributed by atoms with van der Waals surface area (Å²) < 4.78 is 0. The summed E-state index contributed by atoms with van der Waals surface area (Å²) in [5.74, 6) is 0. The highest BCUT2D eigenvalue weighted by Gasteiger charge is 2.20. The number of hydrogen-bond acceptors (Lipinski definition) is 2. The van der Waals surface area contributed by atoms with Crippen molar-refractivity contribution in [2.75, 3.05) is 20.1 Å². The van der Waals surface area contributed by atoms with Gasteiger partial charge in [0.1, 0.15) is 0 Å². The van der Waals surface area contributed by atoms with Gasteiger partial charge in [-0.25, -0.2) is 0 Å². The van der Waals surface area contributed by atoms with E-state index in [1.807, 2.05) is 0 Å². The first-order valence-electron chi connectivity index (χ1n) is 9.29. The Labute approximate surface area is 126 Å². The Morgan fingerprint density at radius 3 is 1.70 bits per heavy atom. The van der Waals surface area contributed by atoms with Gasteiger partial charge in [0.15, 0.2) is 0 Å². The molecule has 0 amide bonds. The van der Waals surface area contributed by atoms with Crippen molar-refractivity contribution < 1.29 is 0 Å². The van der Waals surface area contributed by atoms with Gasteiger partial charge in [0.2, 0.25) is 0 Å². The smallest absolute Gasteiger partial charge is 0.0197 e. The molecule has 0 aromatic carbocycles. The van der Waals surface area contributed by atoms with Crippen LogP contribution in [0.4, 0.5) is 0 Å². The van der Waals surface area contributed by atoms with Crippen molar-refractivity contribution in [2.45, 2.75) is 95.6 Å². The summed E-state index contributed by atoms with van der Waals surface area (Å²) in [6.07, 6.45) is 18.8. The third-order valence-corrected chi connectivity index (χ3v) is 5.20. The molecule has 1 unspecified atom stereocenters. The number of likely N-dealkylation sites (N-methyl/N-ethyl adjacent to an activating group) is 1. The second kappa shape index (κ2) is 9.78. The predicted octanol–water partition coefficient (Wildman–Crippen LogP) is 4.34. The molecule has 2 heteroatoms. The Balaban J connectivity index is 1.73. The SMILES string of the molecule is CN1CCCC(NC2CCCCCCCCCCC2)C1. The van der Waals surface area contributed by atoms with Gasteiger partial charge in [0.05, 0.1) is 0 Å². The van der Waals surface area contributed by atoms with Crippen LogP contribution in [0, 0.1) is 0 Å². The third kappa shape index (κ3) is 6.58. The van der Waals surface area contributed by atoms with Crippen molar-refractivity contribution in [2.24, 2.45) is 0 Å². The van der Waals surface area contributed by atoms with Crippen LogP contribution in [0.25, 0.3) is 0 Å². The molecule has 20 heavy (non-hydrogen) atoms. The summed E-state index contributed by atoms with van der Waals surface area (Å²) in [5, 5.41) is 4.00. The standard InChI is InChI=1S/C18H36N2/c1-20-15-11-14-18(16-20)19-17-12-9-7-5-3-2-4-6-8-10-13-17/h17-19H,2-16H2,1H3. The molecule has 2 fully saturated rings. The quantitative estimate of drug-likeness (QED) is 0.809. The summed E-state index contributed by atoms with van der Waals surface area (Å²) in [5.41, 5.74) is 0. The summed E-state index contributed by atoms with van der Waals surface area (Å²) >= 11 is 0. The average Bonchev–Trinajstić information content (AvgIpc) is 2.42. The van der Waals surface area contributed by atoms with Crippen LogP contribution >= 0.6 is 0 Å². The largest absolute Gasteiger partial charge is 0.310 e. The molecule has 2 rings (SSSR count). The lowest BCUT2D eigenvalue weighted by atomic mass is 9.96. The highest BCUT2D eigenvalue weighted by Crippen LogP contribution is 2.18. The van der Waals surface area contributed by atoms with Gasteiger partial charge in [-0.3, -0.25) is 0 Å². The lowest BCUT2D eigenvalue weighted by molar-refractivity contribution is 0.209. The van der Waals surface area contributed by atoms with E-state index in [0.29, 0.717) is 0 Å². The minimum absolute atomic E-state index is 0.756. The zero-order valence-electron chi connectivity index (χ0n) is 13.7. The molecule has 118 valence electrons. The van der Waals surface area contributed by atoms with Crippen molar-refractivity contribution >= 4 is 0 Å². The second-order valence-electron chi connectivity index (χ2n) is 7.22. The zero-order valence-corrected chi connectivity index (χ0v) is 13.7. The van der Waals surface area contributed by atoms with E-state index < -0.39 is 0 Å². The van der Waals surface area contributed by atoms with E-state index in [-0.39, 0.29) is 0 Å². The monoisotopic (exact) mass is 280 g/mol. The van der Waals surface area contributed by atoms with Gasteiger partial charge in [0.25, 0.3) is 0 Å². The predicted molar refractivity (Wildman–Crippen MR) is 88.2 cm³/mol. The molecule has 0 aromatic rings. The van der Waals surface area contributed by atoms with Crippen molar-refractivity contribution in [3.8, 4) is 0 Å². The summed E-state index contributed by atoms with van der Waals surface area (Å²) in [7, 11) is 2.27. The number of likely N-dealkylation sites (tertiary alicyclic amines) is 1. The molecule has 2 aliphatic rings. The molecule has 1 saturated heterocycles. The van der Waals surface area contributed by atoms with Crippen LogP contribution in [-0.4, -0.2) is 37.1 Å². The first kappa shape index (κ1) is 16.3. The van der Waals surface area contributed by atoms with Crippen LogP contribution < -0.4 is 5.32 Å². The van der Waals surface area contributed by atoms with E-state index in [2.05, 4.69) is 17.3 Å². The fourth-order valence-corrected chi connectivity index (χ4v) is 3.97. The van der Waals surface area contributed by atoms with Crippen LogP contribution in [-0.2, 0) is 0 Å². The van der Waals surface area contributed by atoms with Crippen LogP contribution in [0.5, 0.6) is 0 Å². The molecule has 0 aromatic heterocycles. The van der Waals surface area contributed by atoms with E-state index in [1.165, 1.54) is 96.6 Å². The Hall–Kier alpha value is -0.0800. The topological polar surface area (TPSA) is 15.3 Å². The number of rotatable bonds is 2. The maximum Gasteiger partial charge on any atom is 0.0197 e. The van der Waals surface area contributed by atoms with Crippen LogP contribution in [0.3, 0.4) is 0 Å². The van der Waals surface area contributed by atoms with Gasteiger partial charge in [0, 0.05) is 18.6 Å². The Bertz CT molecular complexity index is 230. The molecule has 1 saturated carbocycles. The summed E-state index contributed by atoms with van der Waals surface area (Å²) in [6.45, 7) is 2.55. The van der Waals surface area contributed by atoms with E-state index in [1.54, 1.807) is 0 Å². The molecule has 1 heterocycles. The number of piperidine rings is 1. The highest BCUT2D eigenvalue weighted by atomic mass is 15.1. The minimum Gasteiger partial charge on any atom is -0.310 e. The summed E-state index contributed by atoms with van der Waals surface area (Å²) in [4.78, 5) is 2.50. The average molecular weight is 280 g/mol. The van der Waals surface area contributed by atoms with E-state index in [9.17, 15) is 0 Å². The van der Waals surface area contributed by atoms with Crippen molar-refractivity contribution in [1.29, 1.82) is 0 Å². The van der Waals surface area contributed by atoms with Gasteiger partial charge in [-0.05, 0) is 39.3 Å². The highest BCUT2D eigenvalue weighted by molar-refractivity contribution is 4.80. The van der Waals surface area contributed by atoms with Gasteiger partial charge in [-0.15, -0.1) is 0 Å². The molecule has 0 bridgehead atoms. The Kier molecular flexibility index (Phi) is 7.97. The molecular formula is C18H36N2. The Morgan fingerprint density at radius 2 is 1.15 bits per heavy atom. The van der Waals surface area contributed by atoms with Gasteiger partial charge in [-0.2, -0.15) is 0 Å². The van der Waals surface area contributed by atoms with Crippen LogP contribution in [0.15, 0.2) is 0 Å². The summed E-state index contributed by atoms with van der Waals surface area (Å²) in [6, 6.07) is 1.55. The maximum absolute atomic E-state index is 4.00. The molecule has 0 spiro atoms. The van der Waals surface area contributed by atoms with E-state index in [0.717, 1.165) is 12.1 Å². The lowest BCUT2D eigenvalue weighted by Gasteiger charge is -2.33. The molecular weight excluding hydrogens is 244 g/mol. The minimum atomic E-state index is 0.756. The van der Waals surface area contributed by atoms with Crippen LogP contribution in [0.2, 0.25) is 0 Å². The van der Waals surface area contributed by atoms with Crippen molar-refractivity contribution in [3.63, 3.8) is 0 Å². The van der Waals surface area contributed by atoms with Crippen molar-refractivity contribution in [1.82, 2.24) is 10.2 Å². The molecule has 2 nitrogen and oxygen atoms in total. The zero-order chi connectivity index (χ0) is 14.0. The van der Waals surface area contributed by atoms with Crippen molar-refractivity contribution in [3.05, 3.63) is 0 Å². The molecule has 1 aliphatic heterocycles. The maximum atomic E-state index is 4.00. The second-order valence-corrected chi connectivity index (χ2v) is 7.22. The fraction of sp³-hybridized carbons (Fsp3) is 1.00. The normalized spacial score (nSPS) is 29.6. The van der Waals surface area contributed by atoms with Gasteiger partial charge in [-0.1, -0.05) is 57.8 Å². The first-order valence-corrected chi connectivity index (χ1v) is 9.29. The molecule has 0 radical (unpaired) electrons.